The molecule has 2 aromatic rings. The molecule has 0 spiro atoms. The summed E-state index contributed by atoms with van der Waals surface area (Å²) in [5.41, 5.74) is 2.15. The fourth-order valence-corrected chi connectivity index (χ4v) is 6.41. The van der Waals surface area contributed by atoms with Crippen molar-refractivity contribution < 1.29 is 22.7 Å². The third-order valence-corrected chi connectivity index (χ3v) is 7.42. The van der Waals surface area contributed by atoms with Crippen LogP contribution in [0.3, 0.4) is 0 Å². The van der Waals surface area contributed by atoms with Gasteiger partial charge in [0.15, 0.2) is 16.4 Å². The molecule has 134 valence electrons. The van der Waals surface area contributed by atoms with Crippen molar-refractivity contribution in [2.24, 2.45) is 0 Å². The van der Waals surface area contributed by atoms with Crippen LogP contribution in [-0.4, -0.2) is 54.3 Å². The molecule has 2 heterocycles. The van der Waals surface area contributed by atoms with Gasteiger partial charge in [-0.25, -0.2) is 8.42 Å². The van der Waals surface area contributed by atoms with Gasteiger partial charge in [-0.05, 0) is 19.4 Å². The van der Waals surface area contributed by atoms with Crippen LogP contribution in [0.5, 0.6) is 0 Å². The van der Waals surface area contributed by atoms with Gasteiger partial charge in [-0.2, -0.15) is 0 Å². The predicted octanol–water partition coefficient (Wildman–Crippen LogP) is 2.12. The number of aromatic amines is 1. The highest BCUT2D eigenvalue weighted by molar-refractivity contribution is 8.02. The Balaban J connectivity index is 1.53. The van der Waals surface area contributed by atoms with Crippen molar-refractivity contribution in [1.29, 1.82) is 0 Å². The standard InChI is InChI=1S/C17H19NO5S2/c1-11-17(13-4-2-3-5-14(13)18-11)15(19)8-23-16(20)9-24-12-6-7-25(21,22)10-12/h2-5,12,18H,6-10H2,1H3/t12-/m1/s1. The van der Waals surface area contributed by atoms with Crippen molar-refractivity contribution in [3.8, 4) is 0 Å². The van der Waals surface area contributed by atoms with Gasteiger partial charge in [-0.1, -0.05) is 18.2 Å². The molecule has 0 saturated carbocycles. The second-order valence-electron chi connectivity index (χ2n) is 6.09. The van der Waals surface area contributed by atoms with E-state index in [0.717, 1.165) is 16.6 Å². The molecule has 0 unspecified atom stereocenters. The Labute approximate surface area is 150 Å². The van der Waals surface area contributed by atoms with E-state index in [4.69, 9.17) is 4.74 Å². The van der Waals surface area contributed by atoms with E-state index in [-0.39, 0.29) is 34.9 Å². The van der Waals surface area contributed by atoms with Gasteiger partial charge in [-0.15, -0.1) is 11.8 Å². The van der Waals surface area contributed by atoms with Crippen LogP contribution in [0.2, 0.25) is 0 Å². The lowest BCUT2D eigenvalue weighted by molar-refractivity contribution is -0.139. The number of hydrogen-bond acceptors (Lipinski definition) is 6. The summed E-state index contributed by atoms with van der Waals surface area (Å²) >= 11 is 1.28. The van der Waals surface area contributed by atoms with Crippen molar-refractivity contribution in [2.45, 2.75) is 18.6 Å². The number of sulfone groups is 1. The lowest BCUT2D eigenvalue weighted by Crippen LogP contribution is -2.17. The molecule has 1 atom stereocenters. The molecule has 8 heteroatoms. The van der Waals surface area contributed by atoms with Crippen LogP contribution in [0, 0.1) is 6.92 Å². The molecule has 0 bridgehead atoms. The average molecular weight is 381 g/mol. The minimum absolute atomic E-state index is 0.0559. The van der Waals surface area contributed by atoms with Crippen LogP contribution < -0.4 is 0 Å². The number of nitrogens with one attached hydrogen (secondary N) is 1. The fraction of sp³-hybridized carbons (Fsp3) is 0.412. The van der Waals surface area contributed by atoms with Gasteiger partial charge in [0, 0.05) is 27.4 Å². The Morgan fingerprint density at radius 2 is 2.08 bits per heavy atom. The van der Waals surface area contributed by atoms with Crippen molar-refractivity contribution in [1.82, 2.24) is 4.98 Å². The highest BCUT2D eigenvalue weighted by Gasteiger charge is 2.28. The van der Waals surface area contributed by atoms with E-state index in [0.29, 0.717) is 12.0 Å². The van der Waals surface area contributed by atoms with E-state index in [1.807, 2.05) is 31.2 Å². The summed E-state index contributed by atoms with van der Waals surface area (Å²) in [7, 11) is -2.95. The monoisotopic (exact) mass is 381 g/mol. The molecule has 6 nitrogen and oxygen atoms in total. The summed E-state index contributed by atoms with van der Waals surface area (Å²) in [6, 6.07) is 7.47. The van der Waals surface area contributed by atoms with Gasteiger partial charge in [-0.3, -0.25) is 9.59 Å². The van der Waals surface area contributed by atoms with Crippen molar-refractivity contribution in [2.75, 3.05) is 23.9 Å². The number of hydrogen-bond donors (Lipinski definition) is 1. The van der Waals surface area contributed by atoms with E-state index in [1.54, 1.807) is 0 Å². The molecule has 1 aliphatic rings. The summed E-state index contributed by atoms with van der Waals surface area (Å²) in [4.78, 5) is 27.4. The Morgan fingerprint density at radius 3 is 2.80 bits per heavy atom. The number of carbonyl (C=O) groups is 2. The number of carbonyl (C=O) groups excluding carboxylic acids is 2. The molecule has 1 fully saturated rings. The third-order valence-electron chi connectivity index (χ3n) is 4.16. The lowest BCUT2D eigenvalue weighted by Gasteiger charge is -2.07. The first-order valence-electron chi connectivity index (χ1n) is 7.94. The number of aromatic nitrogens is 1. The first-order chi connectivity index (χ1) is 11.9. The minimum Gasteiger partial charge on any atom is -0.457 e. The zero-order valence-electron chi connectivity index (χ0n) is 13.8. The number of ether oxygens (including phenoxy) is 1. The second-order valence-corrected chi connectivity index (χ2v) is 9.61. The van der Waals surface area contributed by atoms with Crippen LogP contribution in [-0.2, 0) is 19.4 Å². The first-order valence-corrected chi connectivity index (χ1v) is 10.8. The average Bonchev–Trinajstić information content (AvgIpc) is 3.08. The molecule has 3 rings (SSSR count). The van der Waals surface area contributed by atoms with E-state index in [1.165, 1.54) is 11.8 Å². The molecule has 1 aromatic heterocycles. The van der Waals surface area contributed by atoms with Crippen LogP contribution in [0.25, 0.3) is 10.9 Å². The summed E-state index contributed by atoms with van der Waals surface area (Å²) in [6.07, 6.45) is 0.563. The largest absolute Gasteiger partial charge is 0.457 e. The quantitative estimate of drug-likeness (QED) is 0.609. The molecule has 1 aromatic carbocycles. The number of esters is 1. The van der Waals surface area contributed by atoms with E-state index >= 15 is 0 Å². The number of thioether (sulfide) groups is 1. The van der Waals surface area contributed by atoms with E-state index < -0.39 is 15.8 Å². The Bertz CT molecular complexity index is 916. The van der Waals surface area contributed by atoms with E-state index in [9.17, 15) is 18.0 Å². The highest BCUT2D eigenvalue weighted by Crippen LogP contribution is 2.25. The highest BCUT2D eigenvalue weighted by atomic mass is 32.2. The maximum atomic E-state index is 12.4. The van der Waals surface area contributed by atoms with Gasteiger partial charge in [0.2, 0.25) is 5.78 Å². The Hall–Kier alpha value is -1.80. The molecular weight excluding hydrogens is 362 g/mol. The minimum atomic E-state index is -2.95. The third kappa shape index (κ3) is 4.24. The number of benzene rings is 1. The van der Waals surface area contributed by atoms with Crippen LogP contribution >= 0.6 is 11.8 Å². The normalized spacial score (nSPS) is 19.2. The second kappa shape index (κ2) is 7.21. The summed E-state index contributed by atoms with van der Waals surface area (Å²) < 4.78 is 27.9. The SMILES string of the molecule is Cc1[nH]c2ccccc2c1C(=O)COC(=O)CS[C@@H]1CCS(=O)(=O)C1. The molecule has 1 N–H and O–H groups in total. The fourth-order valence-electron chi connectivity index (χ4n) is 2.97. The van der Waals surface area contributed by atoms with Gasteiger partial charge >= 0.3 is 5.97 Å². The Morgan fingerprint density at radius 1 is 1.32 bits per heavy atom. The van der Waals surface area contributed by atoms with Crippen LogP contribution in [0.15, 0.2) is 24.3 Å². The van der Waals surface area contributed by atoms with E-state index in [2.05, 4.69) is 4.98 Å². The zero-order valence-corrected chi connectivity index (χ0v) is 15.4. The number of para-hydroxylation sites is 1. The van der Waals surface area contributed by atoms with Gasteiger partial charge in [0.1, 0.15) is 0 Å². The van der Waals surface area contributed by atoms with Crippen molar-refractivity contribution >= 4 is 44.3 Å². The molecule has 25 heavy (non-hydrogen) atoms. The van der Waals surface area contributed by atoms with Crippen LogP contribution in [0.4, 0.5) is 0 Å². The molecule has 1 aliphatic heterocycles. The van der Waals surface area contributed by atoms with Gasteiger partial charge in [0.05, 0.1) is 17.3 Å². The Kier molecular flexibility index (Phi) is 5.19. The van der Waals surface area contributed by atoms with Gasteiger partial charge < -0.3 is 9.72 Å². The lowest BCUT2D eigenvalue weighted by atomic mass is 10.1. The molecular formula is C17H19NO5S2. The molecule has 0 aliphatic carbocycles. The van der Waals surface area contributed by atoms with Crippen molar-refractivity contribution in [3.05, 3.63) is 35.5 Å². The topological polar surface area (TPSA) is 93.3 Å². The zero-order chi connectivity index (χ0) is 18.0. The summed E-state index contributed by atoms with van der Waals surface area (Å²) in [5, 5.41) is 0.746. The number of ketones is 1. The van der Waals surface area contributed by atoms with Crippen LogP contribution in [0.1, 0.15) is 22.5 Å². The maximum Gasteiger partial charge on any atom is 0.316 e. The van der Waals surface area contributed by atoms with Gasteiger partial charge in [0.25, 0.3) is 0 Å². The number of aryl methyl sites for hydroxylation is 1. The number of rotatable bonds is 6. The molecule has 0 amide bonds. The number of H-pyrrole nitrogens is 1. The predicted molar refractivity (Wildman–Crippen MR) is 97.8 cm³/mol. The molecule has 0 radical (unpaired) electrons. The molecule has 1 saturated heterocycles. The smallest absolute Gasteiger partial charge is 0.316 e. The number of Topliss-reactive ketones (excluding diaryl/α,β-unsaturated/α-hetero) is 1. The van der Waals surface area contributed by atoms with Crippen molar-refractivity contribution in [3.63, 3.8) is 0 Å². The number of fused-ring (bicyclic) bond motifs is 1. The maximum absolute atomic E-state index is 12.4. The summed E-state index contributed by atoms with van der Waals surface area (Å²) in [5.74, 6) is -0.409. The summed E-state index contributed by atoms with van der Waals surface area (Å²) in [6.45, 7) is 1.50. The first kappa shape index (κ1) is 18.0.